The number of aliphatic imine (C=N–C) groups is 1. The van der Waals surface area contributed by atoms with Crippen molar-refractivity contribution in [1.29, 1.82) is 0 Å². The summed E-state index contributed by atoms with van der Waals surface area (Å²) in [5.41, 5.74) is 5.27. The maximum absolute atomic E-state index is 13.2. The Labute approximate surface area is 216 Å². The third-order valence-corrected chi connectivity index (χ3v) is 6.01. The Morgan fingerprint density at radius 3 is 2.58 bits per heavy atom. The predicted octanol–water partition coefficient (Wildman–Crippen LogP) is 4.75. The molecule has 1 heterocycles. The smallest absolute Gasteiger partial charge is 0.296 e. The summed E-state index contributed by atoms with van der Waals surface area (Å²) in [5.74, 6) is 4.30. The molecule has 0 bridgehead atoms. The molecule has 0 fully saturated rings. The van der Waals surface area contributed by atoms with E-state index in [9.17, 15) is 9.59 Å². The average molecular weight is 499 g/mol. The van der Waals surface area contributed by atoms with Crippen LogP contribution in [-0.4, -0.2) is 43.1 Å². The molecule has 182 valence electrons. The molecular formula is C29H27ClN4O2. The molecule has 1 unspecified atom stereocenters. The van der Waals surface area contributed by atoms with Gasteiger partial charge in [0.25, 0.3) is 5.91 Å². The van der Waals surface area contributed by atoms with Crippen LogP contribution in [0.1, 0.15) is 35.1 Å². The number of carbonyl (C=O) groups is 2. The zero-order valence-corrected chi connectivity index (χ0v) is 21.2. The maximum Gasteiger partial charge on any atom is 0.296 e. The number of benzene rings is 3. The molecule has 4 rings (SSSR count). The maximum atomic E-state index is 13.2. The number of nitrogens with zero attached hydrogens (tertiary/aromatic N) is 2. The summed E-state index contributed by atoms with van der Waals surface area (Å²) in [6.07, 6.45) is 0. The van der Waals surface area contributed by atoms with Crippen LogP contribution in [0.25, 0.3) is 0 Å². The Hall–Kier alpha value is -3.92. The quantitative estimate of drug-likeness (QED) is 0.380. The van der Waals surface area contributed by atoms with E-state index in [1.165, 1.54) is 0 Å². The molecule has 3 aromatic rings. The molecule has 0 aliphatic carbocycles. The number of rotatable bonds is 6. The van der Waals surface area contributed by atoms with Gasteiger partial charge in [0.1, 0.15) is 5.92 Å². The zero-order chi connectivity index (χ0) is 25.7. The van der Waals surface area contributed by atoms with Crippen LogP contribution in [0.4, 0.5) is 11.4 Å². The summed E-state index contributed by atoms with van der Waals surface area (Å²) in [4.78, 5) is 31.9. The monoisotopic (exact) mass is 498 g/mol. The lowest BCUT2D eigenvalue weighted by molar-refractivity contribution is -0.116. The first-order valence-corrected chi connectivity index (χ1v) is 12.1. The molecule has 0 aromatic heterocycles. The summed E-state index contributed by atoms with van der Waals surface area (Å²) >= 11 is 6.54. The lowest BCUT2D eigenvalue weighted by Crippen LogP contribution is -2.22. The highest BCUT2D eigenvalue weighted by atomic mass is 35.5. The van der Waals surface area contributed by atoms with Gasteiger partial charge in [-0.15, -0.1) is 0 Å². The number of hydrogen-bond acceptors (Lipinski definition) is 4. The number of fused-ring (bicyclic) bond motifs is 1. The fraction of sp³-hybridized carbons (Fsp3) is 0.207. The van der Waals surface area contributed by atoms with Crippen molar-refractivity contribution < 1.29 is 9.59 Å². The van der Waals surface area contributed by atoms with E-state index in [1.807, 2.05) is 86.6 Å². The zero-order valence-electron chi connectivity index (χ0n) is 20.4. The number of hydrogen-bond donors (Lipinski definition) is 2. The summed E-state index contributed by atoms with van der Waals surface area (Å²) in [6.45, 7) is 3.07. The Morgan fingerprint density at radius 1 is 1.11 bits per heavy atom. The van der Waals surface area contributed by atoms with Crippen LogP contribution in [0.15, 0.2) is 71.7 Å². The molecule has 2 N–H and O–H groups in total. The summed E-state index contributed by atoms with van der Waals surface area (Å²) < 4.78 is 0. The van der Waals surface area contributed by atoms with Crippen LogP contribution in [0.5, 0.6) is 0 Å². The first-order valence-electron chi connectivity index (χ1n) is 11.7. The largest absolute Gasteiger partial charge is 0.346 e. The lowest BCUT2D eigenvalue weighted by Gasteiger charge is -2.15. The van der Waals surface area contributed by atoms with Crippen molar-refractivity contribution in [2.75, 3.05) is 26.0 Å². The minimum atomic E-state index is -0.604. The number of halogens is 1. The standard InChI is InChI=1S/C29H27ClN4O2/c1-4-31-26(35)15-11-19-10-14-23-25(16-19)33-29(36)27(23)28(20-8-6-5-7-9-20)32-22-13-12-21(18-34(2)3)24(30)17-22/h5-10,12-14,16-17,27H,4,18H2,1-3H3,(H,31,35)(H,33,36). The van der Waals surface area contributed by atoms with Gasteiger partial charge in [-0.1, -0.05) is 60.0 Å². The van der Waals surface area contributed by atoms with Crippen molar-refractivity contribution in [2.24, 2.45) is 4.99 Å². The van der Waals surface area contributed by atoms with Gasteiger partial charge >= 0.3 is 0 Å². The SMILES string of the molecule is CCNC(=O)C#Cc1ccc2c(c1)NC(=O)C2C(=Nc1ccc(CN(C)C)c(Cl)c1)c1ccccc1. The van der Waals surface area contributed by atoms with E-state index in [0.29, 0.717) is 34.2 Å². The molecule has 7 heteroatoms. The lowest BCUT2D eigenvalue weighted by atomic mass is 9.90. The Kier molecular flexibility index (Phi) is 7.84. The van der Waals surface area contributed by atoms with E-state index < -0.39 is 5.92 Å². The minimum Gasteiger partial charge on any atom is -0.346 e. The van der Waals surface area contributed by atoms with Gasteiger partial charge < -0.3 is 15.5 Å². The molecule has 1 aliphatic heterocycles. The van der Waals surface area contributed by atoms with E-state index in [-0.39, 0.29) is 11.8 Å². The van der Waals surface area contributed by atoms with Gasteiger partial charge in [-0.3, -0.25) is 14.6 Å². The van der Waals surface area contributed by atoms with E-state index in [0.717, 1.165) is 23.2 Å². The molecule has 0 saturated carbocycles. The molecule has 0 radical (unpaired) electrons. The van der Waals surface area contributed by atoms with Gasteiger partial charge in [0.15, 0.2) is 0 Å². The van der Waals surface area contributed by atoms with Crippen LogP contribution in [0, 0.1) is 11.8 Å². The third kappa shape index (κ3) is 5.83. The highest BCUT2D eigenvalue weighted by Gasteiger charge is 2.35. The van der Waals surface area contributed by atoms with Crippen LogP contribution in [0.3, 0.4) is 0 Å². The molecule has 0 spiro atoms. The van der Waals surface area contributed by atoms with Crippen molar-refractivity contribution in [3.8, 4) is 11.8 Å². The van der Waals surface area contributed by atoms with Crippen molar-refractivity contribution in [2.45, 2.75) is 19.4 Å². The number of anilines is 1. The third-order valence-electron chi connectivity index (χ3n) is 5.66. The van der Waals surface area contributed by atoms with Crippen LogP contribution in [0.2, 0.25) is 5.02 Å². The van der Waals surface area contributed by atoms with Gasteiger partial charge in [-0.2, -0.15) is 0 Å². The van der Waals surface area contributed by atoms with Gasteiger partial charge in [-0.05, 0) is 62.0 Å². The number of nitrogens with one attached hydrogen (secondary N) is 2. The van der Waals surface area contributed by atoms with Crippen LogP contribution >= 0.6 is 11.6 Å². The highest BCUT2D eigenvalue weighted by molar-refractivity contribution is 6.31. The van der Waals surface area contributed by atoms with Gasteiger partial charge in [0.2, 0.25) is 5.91 Å². The molecule has 2 amide bonds. The Balaban J connectivity index is 1.74. The highest BCUT2D eigenvalue weighted by Crippen LogP contribution is 2.37. The molecule has 3 aromatic carbocycles. The number of amides is 2. The molecule has 0 saturated heterocycles. The van der Waals surface area contributed by atoms with Crippen LogP contribution < -0.4 is 10.6 Å². The molecule has 1 aliphatic rings. The minimum absolute atomic E-state index is 0.170. The normalized spacial score (nSPS) is 14.6. The summed E-state index contributed by atoms with van der Waals surface area (Å²) in [7, 11) is 3.98. The molecule has 6 nitrogen and oxygen atoms in total. The molecule has 1 atom stereocenters. The summed E-state index contributed by atoms with van der Waals surface area (Å²) in [5, 5.41) is 6.23. The van der Waals surface area contributed by atoms with Gasteiger partial charge in [0, 0.05) is 35.3 Å². The van der Waals surface area contributed by atoms with E-state index >= 15 is 0 Å². The van der Waals surface area contributed by atoms with Crippen molar-refractivity contribution >= 4 is 40.5 Å². The second kappa shape index (κ2) is 11.2. The average Bonchev–Trinajstić information content (AvgIpc) is 3.18. The van der Waals surface area contributed by atoms with E-state index in [4.69, 9.17) is 16.6 Å². The first-order chi connectivity index (χ1) is 17.4. The predicted molar refractivity (Wildman–Crippen MR) is 145 cm³/mol. The number of carbonyl (C=O) groups excluding carboxylic acids is 2. The van der Waals surface area contributed by atoms with E-state index in [2.05, 4.69) is 22.5 Å². The fourth-order valence-corrected chi connectivity index (χ4v) is 4.30. The van der Waals surface area contributed by atoms with Crippen molar-refractivity contribution in [3.63, 3.8) is 0 Å². The summed E-state index contributed by atoms with van der Waals surface area (Å²) in [6, 6.07) is 20.8. The second-order valence-corrected chi connectivity index (χ2v) is 9.12. The van der Waals surface area contributed by atoms with Crippen LogP contribution in [-0.2, 0) is 16.1 Å². The Bertz CT molecular complexity index is 1390. The second-order valence-electron chi connectivity index (χ2n) is 8.71. The topological polar surface area (TPSA) is 73.8 Å². The molecule has 36 heavy (non-hydrogen) atoms. The van der Waals surface area contributed by atoms with Crippen molar-refractivity contribution in [3.05, 3.63) is 94.0 Å². The fourth-order valence-electron chi connectivity index (χ4n) is 4.06. The first kappa shape index (κ1) is 25.2. The van der Waals surface area contributed by atoms with Gasteiger partial charge in [-0.25, -0.2) is 0 Å². The van der Waals surface area contributed by atoms with Crippen molar-refractivity contribution in [1.82, 2.24) is 10.2 Å². The molecular weight excluding hydrogens is 472 g/mol. The Morgan fingerprint density at radius 2 is 1.89 bits per heavy atom. The van der Waals surface area contributed by atoms with Gasteiger partial charge in [0.05, 0.1) is 11.4 Å². The van der Waals surface area contributed by atoms with E-state index in [1.54, 1.807) is 6.07 Å².